The Morgan fingerprint density at radius 1 is 1.17 bits per heavy atom. The van der Waals surface area contributed by atoms with Crippen molar-refractivity contribution >= 4 is 34.1 Å². The number of rotatable bonds is 4. The summed E-state index contributed by atoms with van der Waals surface area (Å²) < 4.78 is 16.0. The molecule has 1 atom stereocenters. The molecule has 9 heteroatoms. The van der Waals surface area contributed by atoms with Gasteiger partial charge in [0, 0.05) is 11.1 Å². The number of benzene rings is 1. The zero-order chi connectivity index (χ0) is 20.8. The molecule has 0 spiro atoms. The van der Waals surface area contributed by atoms with Gasteiger partial charge < -0.3 is 10.3 Å². The fraction of sp³-hybridized carbons (Fsp3) is 0.143. The minimum absolute atomic E-state index is 0.221. The highest BCUT2D eigenvalue weighted by atomic mass is 35.5. The molecule has 0 aliphatic rings. The average molecular weight is 422 g/mol. The van der Waals surface area contributed by atoms with Crippen LogP contribution < -0.4 is 5.32 Å². The zero-order valence-corrected chi connectivity index (χ0v) is 16.9. The second kappa shape index (κ2) is 7.07. The van der Waals surface area contributed by atoms with Crippen LogP contribution in [0.1, 0.15) is 24.4 Å². The van der Waals surface area contributed by atoms with Crippen molar-refractivity contribution in [1.29, 1.82) is 0 Å². The summed E-state index contributed by atoms with van der Waals surface area (Å²) in [5.74, 6) is 1.04. The second-order valence-corrected chi connectivity index (χ2v) is 7.43. The van der Waals surface area contributed by atoms with E-state index in [1.54, 1.807) is 18.6 Å². The lowest BCUT2D eigenvalue weighted by Crippen LogP contribution is -2.12. The normalized spacial score (nSPS) is 12.5. The van der Waals surface area contributed by atoms with Crippen molar-refractivity contribution in [2.24, 2.45) is 0 Å². The highest BCUT2D eigenvalue weighted by Crippen LogP contribution is 2.36. The van der Waals surface area contributed by atoms with E-state index >= 15 is 0 Å². The maximum absolute atomic E-state index is 14.1. The molecule has 4 heterocycles. The van der Waals surface area contributed by atoms with Crippen LogP contribution in [0.2, 0.25) is 5.02 Å². The van der Waals surface area contributed by atoms with Gasteiger partial charge in [-0.05, 0) is 32.0 Å². The van der Waals surface area contributed by atoms with Gasteiger partial charge in [-0.3, -0.25) is 4.40 Å². The number of fused-ring (bicyclic) bond motifs is 2. The molecule has 0 aliphatic carbocycles. The number of H-pyrrole nitrogens is 1. The number of nitrogens with zero attached hydrogens (tertiary/aromatic N) is 5. The maximum atomic E-state index is 14.1. The van der Waals surface area contributed by atoms with Crippen LogP contribution in [0.4, 0.5) is 10.2 Å². The predicted octanol–water partition coefficient (Wildman–Crippen LogP) is 4.94. The summed E-state index contributed by atoms with van der Waals surface area (Å²) >= 11 is 6.59. The van der Waals surface area contributed by atoms with Crippen LogP contribution in [0, 0.1) is 12.7 Å². The summed E-state index contributed by atoms with van der Waals surface area (Å²) in [6.45, 7) is 3.89. The number of hydrogen-bond donors (Lipinski definition) is 2. The van der Waals surface area contributed by atoms with Crippen LogP contribution in [-0.2, 0) is 0 Å². The fourth-order valence-electron chi connectivity index (χ4n) is 3.72. The predicted molar refractivity (Wildman–Crippen MR) is 114 cm³/mol. The van der Waals surface area contributed by atoms with E-state index in [2.05, 4.69) is 30.2 Å². The Morgan fingerprint density at radius 3 is 2.87 bits per heavy atom. The van der Waals surface area contributed by atoms with E-state index in [9.17, 15) is 4.39 Å². The molecule has 0 fully saturated rings. The van der Waals surface area contributed by atoms with E-state index in [1.165, 1.54) is 18.5 Å². The van der Waals surface area contributed by atoms with Gasteiger partial charge >= 0.3 is 0 Å². The van der Waals surface area contributed by atoms with Gasteiger partial charge in [-0.25, -0.2) is 24.3 Å². The molecule has 150 valence electrons. The van der Waals surface area contributed by atoms with Crippen LogP contribution in [0.25, 0.3) is 27.9 Å². The van der Waals surface area contributed by atoms with Gasteiger partial charge in [-0.15, -0.1) is 0 Å². The first-order chi connectivity index (χ1) is 14.5. The molecule has 0 saturated heterocycles. The van der Waals surface area contributed by atoms with Crippen molar-refractivity contribution in [1.82, 2.24) is 29.3 Å². The zero-order valence-electron chi connectivity index (χ0n) is 16.2. The number of nitrogens with one attached hydrogen (secondary N) is 2. The Balaban J connectivity index is 1.71. The van der Waals surface area contributed by atoms with Crippen molar-refractivity contribution in [3.8, 4) is 11.3 Å². The molecule has 30 heavy (non-hydrogen) atoms. The van der Waals surface area contributed by atoms with Crippen LogP contribution >= 0.6 is 11.6 Å². The van der Waals surface area contributed by atoms with E-state index in [4.69, 9.17) is 11.6 Å². The third-order valence-corrected chi connectivity index (χ3v) is 5.40. The lowest BCUT2D eigenvalue weighted by Gasteiger charge is -2.21. The molecule has 0 saturated carbocycles. The number of hydrogen-bond acceptors (Lipinski definition) is 5. The molecular formula is C21H17ClFN7. The van der Waals surface area contributed by atoms with Crippen molar-refractivity contribution in [2.75, 3.05) is 5.32 Å². The van der Waals surface area contributed by atoms with Gasteiger partial charge in [0.05, 0.1) is 34.8 Å². The Kier molecular flexibility index (Phi) is 4.36. The largest absolute Gasteiger partial charge is 0.362 e. The minimum Gasteiger partial charge on any atom is -0.362 e. The van der Waals surface area contributed by atoms with E-state index < -0.39 is 0 Å². The summed E-state index contributed by atoms with van der Waals surface area (Å²) in [4.78, 5) is 20.2. The molecule has 0 aliphatic heterocycles. The van der Waals surface area contributed by atoms with Crippen LogP contribution in [0.15, 0.2) is 49.2 Å². The highest BCUT2D eigenvalue weighted by molar-refractivity contribution is 6.34. The summed E-state index contributed by atoms with van der Waals surface area (Å²) in [7, 11) is 0. The van der Waals surface area contributed by atoms with E-state index in [1.807, 2.05) is 30.4 Å². The van der Waals surface area contributed by atoms with E-state index in [0.717, 1.165) is 28.2 Å². The number of aryl methyl sites for hydroxylation is 1. The summed E-state index contributed by atoms with van der Waals surface area (Å²) in [5.41, 5.74) is 4.47. The number of aromatic amines is 1. The lowest BCUT2D eigenvalue weighted by atomic mass is 9.99. The Labute approximate surface area is 176 Å². The summed E-state index contributed by atoms with van der Waals surface area (Å²) in [6, 6.07) is 8.16. The number of halogens is 2. The standard InChI is InChI=1S/C21H17ClFN7/c1-11(29-21-18-20(26-9-25-18)27-10-28-21)15-7-16(22)17-8-24-12(2)30(17)19(15)13-4-3-5-14(23)6-13/h3-11H,1-2H3,(H2,25,26,27,28,29). The molecule has 1 aromatic carbocycles. The molecule has 0 radical (unpaired) electrons. The van der Waals surface area contributed by atoms with Crippen molar-refractivity contribution < 1.29 is 4.39 Å². The van der Waals surface area contributed by atoms with Crippen molar-refractivity contribution in [3.05, 3.63) is 71.4 Å². The Morgan fingerprint density at radius 2 is 2.03 bits per heavy atom. The molecule has 4 aromatic heterocycles. The van der Waals surface area contributed by atoms with Crippen LogP contribution in [0.5, 0.6) is 0 Å². The molecule has 5 aromatic rings. The molecule has 5 rings (SSSR count). The topological polar surface area (TPSA) is 83.8 Å². The quantitative estimate of drug-likeness (QED) is 0.429. The summed E-state index contributed by atoms with van der Waals surface area (Å²) in [5, 5.41) is 3.96. The second-order valence-electron chi connectivity index (χ2n) is 7.02. The van der Waals surface area contributed by atoms with Crippen molar-refractivity contribution in [2.45, 2.75) is 19.9 Å². The van der Waals surface area contributed by atoms with Crippen molar-refractivity contribution in [3.63, 3.8) is 0 Å². The smallest absolute Gasteiger partial charge is 0.162 e. The first-order valence-corrected chi connectivity index (χ1v) is 9.73. The van der Waals surface area contributed by atoms with Gasteiger partial charge in [0.1, 0.15) is 23.5 Å². The molecule has 0 amide bonds. The van der Waals surface area contributed by atoms with Gasteiger partial charge in [-0.2, -0.15) is 0 Å². The van der Waals surface area contributed by atoms with E-state index in [-0.39, 0.29) is 11.9 Å². The summed E-state index contributed by atoms with van der Waals surface area (Å²) in [6.07, 6.45) is 4.77. The minimum atomic E-state index is -0.311. The third-order valence-electron chi connectivity index (χ3n) is 5.10. The number of imidazole rings is 2. The third kappa shape index (κ3) is 2.96. The first kappa shape index (κ1) is 18.5. The SMILES string of the molecule is Cc1ncc2c(Cl)cc(C(C)Nc3ncnc4[nH]cnc34)c(-c3cccc(F)c3)n12. The van der Waals surface area contributed by atoms with Gasteiger partial charge in [-0.1, -0.05) is 23.7 Å². The average Bonchev–Trinajstić information content (AvgIpc) is 3.36. The van der Waals surface area contributed by atoms with E-state index in [0.29, 0.717) is 22.0 Å². The van der Waals surface area contributed by atoms with Gasteiger partial charge in [0.25, 0.3) is 0 Å². The van der Waals surface area contributed by atoms with Crippen LogP contribution in [-0.4, -0.2) is 29.3 Å². The first-order valence-electron chi connectivity index (χ1n) is 9.36. The Hall–Kier alpha value is -3.52. The highest BCUT2D eigenvalue weighted by Gasteiger charge is 2.21. The maximum Gasteiger partial charge on any atom is 0.162 e. The van der Waals surface area contributed by atoms with Gasteiger partial charge in [0.15, 0.2) is 11.5 Å². The van der Waals surface area contributed by atoms with Crippen LogP contribution in [0.3, 0.4) is 0 Å². The lowest BCUT2D eigenvalue weighted by molar-refractivity contribution is 0.628. The number of aromatic nitrogens is 6. The monoisotopic (exact) mass is 421 g/mol. The molecule has 0 bridgehead atoms. The molecular weight excluding hydrogens is 405 g/mol. The number of pyridine rings is 1. The molecule has 1 unspecified atom stereocenters. The molecule has 7 nitrogen and oxygen atoms in total. The van der Waals surface area contributed by atoms with Gasteiger partial charge in [0.2, 0.25) is 0 Å². The number of anilines is 1. The molecule has 2 N–H and O–H groups in total. The Bertz CT molecular complexity index is 1390. The fourth-order valence-corrected chi connectivity index (χ4v) is 3.97.